The number of nitrogens with one attached hydrogen (secondary N) is 1. The van der Waals surface area contributed by atoms with E-state index in [1.165, 1.54) is 24.3 Å². The Labute approximate surface area is 174 Å². The molecule has 7 nitrogen and oxygen atoms in total. The van der Waals surface area contributed by atoms with Crippen LogP contribution >= 0.6 is 11.6 Å². The van der Waals surface area contributed by atoms with Crippen LogP contribution in [0.1, 0.15) is 13.8 Å². The molecular weight excluding hydrogens is 412 g/mol. The molecule has 1 saturated heterocycles. The van der Waals surface area contributed by atoms with Crippen molar-refractivity contribution in [1.82, 2.24) is 9.97 Å². The molecule has 0 saturated carbocycles. The minimum Gasteiger partial charge on any atom is -0.372 e. The topological polar surface area (TPSA) is 84.4 Å². The molecule has 0 unspecified atom stereocenters. The zero-order chi connectivity index (χ0) is 20.6. The van der Waals surface area contributed by atoms with Gasteiger partial charge in [-0.05, 0) is 50.2 Å². The third kappa shape index (κ3) is 4.29. The number of fused-ring (bicyclic) bond motifs is 1. The first-order valence-electron chi connectivity index (χ1n) is 9.27. The maximum absolute atomic E-state index is 12.9. The minimum absolute atomic E-state index is 0.00672. The molecule has 9 heteroatoms. The molecule has 0 spiro atoms. The van der Waals surface area contributed by atoms with Crippen LogP contribution in [0.3, 0.4) is 0 Å². The van der Waals surface area contributed by atoms with E-state index in [1.807, 2.05) is 36.9 Å². The second-order valence-electron chi connectivity index (χ2n) is 7.11. The van der Waals surface area contributed by atoms with Gasteiger partial charge in [0, 0.05) is 18.1 Å². The molecule has 4 rings (SSSR count). The number of morpholine rings is 1. The summed E-state index contributed by atoms with van der Waals surface area (Å²) in [5, 5.41) is 0.464. The van der Waals surface area contributed by atoms with Gasteiger partial charge in [-0.25, -0.2) is 18.4 Å². The molecule has 1 aromatic heterocycles. The first-order chi connectivity index (χ1) is 13.8. The molecule has 0 bridgehead atoms. The molecule has 0 aliphatic carbocycles. The summed E-state index contributed by atoms with van der Waals surface area (Å²) in [5.41, 5.74) is 1.31. The lowest BCUT2D eigenvalue weighted by Crippen LogP contribution is -2.46. The number of aromatic nitrogens is 2. The standard InChI is InChI=1S/C20H21ClN4O3S/c1-13-11-25(12-14(2)28-13)20-19(22-17-5-3-4-6-18(17)23-20)24-29(26,27)16-9-7-15(21)8-10-16/h3-10,13-14H,11-12H2,1-2H3,(H,22,24)/t13-,14-/m0/s1. The van der Waals surface area contributed by atoms with Crippen molar-refractivity contribution in [3.63, 3.8) is 0 Å². The lowest BCUT2D eigenvalue weighted by atomic mass is 10.2. The van der Waals surface area contributed by atoms with Crippen molar-refractivity contribution in [2.24, 2.45) is 0 Å². The highest BCUT2D eigenvalue weighted by Gasteiger charge is 2.28. The van der Waals surface area contributed by atoms with Gasteiger partial charge in [0.05, 0.1) is 28.1 Å². The number of ether oxygens (including phenoxy) is 1. The van der Waals surface area contributed by atoms with Crippen molar-refractivity contribution >= 4 is 44.3 Å². The smallest absolute Gasteiger partial charge is 0.263 e. The summed E-state index contributed by atoms with van der Waals surface area (Å²) in [6.07, 6.45) is -0.0134. The summed E-state index contributed by atoms with van der Waals surface area (Å²) < 4.78 is 34.3. The molecule has 3 aromatic rings. The van der Waals surface area contributed by atoms with E-state index in [2.05, 4.69) is 9.71 Å². The largest absolute Gasteiger partial charge is 0.372 e. The van der Waals surface area contributed by atoms with Crippen molar-refractivity contribution in [3.05, 3.63) is 53.6 Å². The average molecular weight is 433 g/mol. The Bertz CT molecular complexity index is 1130. The number of benzene rings is 2. The summed E-state index contributed by atoms with van der Waals surface area (Å²) in [6.45, 7) is 5.14. The molecular formula is C20H21ClN4O3S. The highest BCUT2D eigenvalue weighted by atomic mass is 35.5. The maximum atomic E-state index is 12.9. The Balaban J connectivity index is 1.78. The van der Waals surface area contributed by atoms with Crippen LogP contribution in [0.15, 0.2) is 53.4 Å². The van der Waals surface area contributed by atoms with Gasteiger partial charge < -0.3 is 9.64 Å². The van der Waals surface area contributed by atoms with Gasteiger partial charge in [-0.2, -0.15) is 0 Å². The number of nitrogens with zero attached hydrogens (tertiary/aromatic N) is 3. The van der Waals surface area contributed by atoms with Crippen LogP contribution in [0.25, 0.3) is 11.0 Å². The zero-order valence-corrected chi connectivity index (χ0v) is 17.6. The van der Waals surface area contributed by atoms with Crippen LogP contribution < -0.4 is 9.62 Å². The molecule has 29 heavy (non-hydrogen) atoms. The number of rotatable bonds is 4. The number of hydrogen-bond donors (Lipinski definition) is 1. The second-order valence-corrected chi connectivity index (χ2v) is 9.23. The van der Waals surface area contributed by atoms with Crippen LogP contribution in [-0.4, -0.2) is 43.7 Å². The zero-order valence-electron chi connectivity index (χ0n) is 16.0. The highest BCUT2D eigenvalue weighted by molar-refractivity contribution is 7.92. The van der Waals surface area contributed by atoms with Crippen molar-refractivity contribution in [2.75, 3.05) is 22.7 Å². The summed E-state index contributed by atoms with van der Waals surface area (Å²) in [4.78, 5) is 11.4. The maximum Gasteiger partial charge on any atom is 0.263 e. The van der Waals surface area contributed by atoms with Gasteiger partial charge in [0.15, 0.2) is 11.6 Å². The van der Waals surface area contributed by atoms with Gasteiger partial charge in [0.25, 0.3) is 10.0 Å². The lowest BCUT2D eigenvalue weighted by molar-refractivity contribution is -0.00540. The van der Waals surface area contributed by atoms with E-state index in [0.29, 0.717) is 35.0 Å². The predicted molar refractivity (Wildman–Crippen MR) is 114 cm³/mol. The third-order valence-electron chi connectivity index (χ3n) is 4.63. The van der Waals surface area contributed by atoms with E-state index in [4.69, 9.17) is 21.3 Å². The molecule has 1 aliphatic heterocycles. The Morgan fingerprint density at radius 3 is 2.21 bits per heavy atom. The van der Waals surface area contributed by atoms with Crippen LogP contribution in [0.2, 0.25) is 5.02 Å². The van der Waals surface area contributed by atoms with Gasteiger partial charge in [-0.3, -0.25) is 4.72 Å². The third-order valence-corrected chi connectivity index (χ3v) is 6.23. The van der Waals surface area contributed by atoms with E-state index in [0.717, 1.165) is 0 Å². The summed E-state index contributed by atoms with van der Waals surface area (Å²) in [7, 11) is -3.86. The number of halogens is 1. The summed E-state index contributed by atoms with van der Waals surface area (Å²) >= 11 is 5.89. The highest BCUT2D eigenvalue weighted by Crippen LogP contribution is 2.29. The first kappa shape index (κ1) is 19.9. The number of hydrogen-bond acceptors (Lipinski definition) is 6. The molecule has 2 aromatic carbocycles. The molecule has 1 aliphatic rings. The monoisotopic (exact) mass is 432 g/mol. The molecule has 1 N–H and O–H groups in total. The van der Waals surface area contributed by atoms with Crippen molar-refractivity contribution in [3.8, 4) is 0 Å². The SMILES string of the molecule is C[C@H]1CN(c2nc3ccccc3nc2NS(=O)(=O)c2ccc(Cl)cc2)C[C@H](C)O1. The van der Waals surface area contributed by atoms with Gasteiger partial charge in [0.2, 0.25) is 0 Å². The van der Waals surface area contributed by atoms with E-state index in [1.54, 1.807) is 6.07 Å². The molecule has 0 amide bonds. The fraction of sp³-hybridized carbons (Fsp3) is 0.300. The fourth-order valence-corrected chi connectivity index (χ4v) is 4.56. The van der Waals surface area contributed by atoms with Crippen molar-refractivity contribution < 1.29 is 13.2 Å². The fourth-order valence-electron chi connectivity index (χ4n) is 3.43. The van der Waals surface area contributed by atoms with Gasteiger partial charge in [-0.15, -0.1) is 0 Å². The predicted octanol–water partition coefficient (Wildman–Crippen LogP) is 3.70. The quantitative estimate of drug-likeness (QED) is 0.676. The van der Waals surface area contributed by atoms with E-state index in [9.17, 15) is 8.42 Å². The minimum atomic E-state index is -3.86. The summed E-state index contributed by atoms with van der Waals surface area (Å²) in [5.74, 6) is 0.684. The van der Waals surface area contributed by atoms with Crippen molar-refractivity contribution in [1.29, 1.82) is 0 Å². The second kappa shape index (κ2) is 7.78. The van der Waals surface area contributed by atoms with Crippen LogP contribution in [-0.2, 0) is 14.8 Å². The molecule has 0 radical (unpaired) electrons. The summed E-state index contributed by atoms with van der Waals surface area (Å²) in [6, 6.07) is 13.4. The average Bonchev–Trinajstić information content (AvgIpc) is 2.66. The van der Waals surface area contributed by atoms with Gasteiger partial charge in [0.1, 0.15) is 0 Å². The Morgan fingerprint density at radius 1 is 1.00 bits per heavy atom. The normalized spacial score (nSPS) is 20.0. The van der Waals surface area contributed by atoms with Crippen LogP contribution in [0.4, 0.5) is 11.6 Å². The molecule has 2 heterocycles. The van der Waals surface area contributed by atoms with Gasteiger partial charge in [-0.1, -0.05) is 23.7 Å². The van der Waals surface area contributed by atoms with E-state index in [-0.39, 0.29) is 22.9 Å². The van der Waals surface area contributed by atoms with Crippen LogP contribution in [0, 0.1) is 0 Å². The van der Waals surface area contributed by atoms with Crippen molar-refractivity contribution in [2.45, 2.75) is 31.0 Å². The number of para-hydroxylation sites is 2. The molecule has 1 fully saturated rings. The molecule has 2 atom stereocenters. The Hall–Kier alpha value is -2.42. The number of anilines is 2. The van der Waals surface area contributed by atoms with Gasteiger partial charge >= 0.3 is 0 Å². The van der Waals surface area contributed by atoms with Crippen LogP contribution in [0.5, 0.6) is 0 Å². The number of sulfonamides is 1. The molecule has 152 valence electrons. The Morgan fingerprint density at radius 2 is 1.59 bits per heavy atom. The first-order valence-corrected chi connectivity index (χ1v) is 11.1. The lowest BCUT2D eigenvalue weighted by Gasteiger charge is -2.36. The Kier molecular flexibility index (Phi) is 5.33. The van der Waals surface area contributed by atoms with E-state index < -0.39 is 10.0 Å². The van der Waals surface area contributed by atoms with E-state index >= 15 is 0 Å².